The number of carbonyl (C=O) groups excluding carboxylic acids is 1. The summed E-state index contributed by atoms with van der Waals surface area (Å²) in [4.78, 5) is 12.8. The quantitative estimate of drug-likeness (QED) is 0.839. The van der Waals surface area contributed by atoms with E-state index in [1.165, 1.54) is 4.90 Å². The van der Waals surface area contributed by atoms with Crippen molar-refractivity contribution >= 4 is 17.0 Å². The lowest BCUT2D eigenvalue weighted by atomic mass is 10.2. The molecule has 0 aliphatic rings. The Morgan fingerprint density at radius 3 is 2.81 bits per heavy atom. The molecule has 4 nitrogen and oxygen atoms in total. The van der Waals surface area contributed by atoms with Gasteiger partial charge in [-0.2, -0.15) is 0 Å². The number of hydrogen-bond donors (Lipinski definition) is 1. The van der Waals surface area contributed by atoms with Crippen molar-refractivity contribution in [1.29, 1.82) is 0 Å². The zero-order valence-corrected chi connectivity index (χ0v) is 9.36. The van der Waals surface area contributed by atoms with Gasteiger partial charge in [-0.15, -0.1) is 0 Å². The van der Waals surface area contributed by atoms with Crippen LogP contribution in [0.15, 0.2) is 34.7 Å². The molecule has 1 aromatic carbocycles. The molecular weight excluding hydrogens is 204 g/mol. The van der Waals surface area contributed by atoms with Crippen LogP contribution >= 0.6 is 0 Å². The highest BCUT2D eigenvalue weighted by Gasteiger charge is 2.06. The fourth-order valence-electron chi connectivity index (χ4n) is 1.44. The Kier molecular flexibility index (Phi) is 2.81. The second kappa shape index (κ2) is 4.26. The molecule has 0 saturated heterocycles. The van der Waals surface area contributed by atoms with Crippen molar-refractivity contribution in [2.24, 2.45) is 0 Å². The summed E-state index contributed by atoms with van der Waals surface area (Å²) >= 11 is 0. The molecule has 2 aromatic rings. The Bertz CT molecular complexity index is 469. The third-order valence-electron chi connectivity index (χ3n) is 2.30. The maximum Gasteiger partial charge on any atom is 0.317 e. The van der Waals surface area contributed by atoms with Crippen LogP contribution in [0.3, 0.4) is 0 Å². The Balaban J connectivity index is 2.07. The number of fused-ring (bicyclic) bond motifs is 1. The highest BCUT2D eigenvalue weighted by atomic mass is 16.3. The van der Waals surface area contributed by atoms with Gasteiger partial charge in [-0.05, 0) is 12.1 Å². The molecule has 2 rings (SSSR count). The van der Waals surface area contributed by atoms with Gasteiger partial charge in [0, 0.05) is 19.5 Å². The van der Waals surface area contributed by atoms with Crippen molar-refractivity contribution in [2.75, 3.05) is 14.1 Å². The standard InChI is InChI=1S/C12H14N2O2/c1-14(2)12(15)13-8-10-7-9-5-3-4-6-11(9)16-10/h3-7H,8H2,1-2H3,(H,13,15). The molecular formula is C12H14N2O2. The number of nitrogens with one attached hydrogen (secondary N) is 1. The largest absolute Gasteiger partial charge is 0.459 e. The van der Waals surface area contributed by atoms with Gasteiger partial charge < -0.3 is 14.6 Å². The first-order chi connectivity index (χ1) is 7.66. The SMILES string of the molecule is CN(C)C(=O)NCc1cc2ccccc2o1. The summed E-state index contributed by atoms with van der Waals surface area (Å²) in [5.74, 6) is 0.761. The van der Waals surface area contributed by atoms with Crippen LogP contribution in [0.2, 0.25) is 0 Å². The molecule has 0 saturated carbocycles. The van der Waals surface area contributed by atoms with Gasteiger partial charge in [0.05, 0.1) is 6.54 Å². The number of rotatable bonds is 2. The van der Waals surface area contributed by atoms with E-state index in [4.69, 9.17) is 4.42 Å². The number of para-hydroxylation sites is 1. The lowest BCUT2D eigenvalue weighted by Crippen LogP contribution is -2.33. The summed E-state index contributed by atoms with van der Waals surface area (Å²) in [7, 11) is 3.40. The van der Waals surface area contributed by atoms with Crippen LogP contribution in [0.4, 0.5) is 4.79 Å². The molecule has 84 valence electrons. The van der Waals surface area contributed by atoms with Crippen molar-refractivity contribution < 1.29 is 9.21 Å². The minimum absolute atomic E-state index is 0.125. The van der Waals surface area contributed by atoms with Gasteiger partial charge in [-0.25, -0.2) is 4.79 Å². The summed E-state index contributed by atoms with van der Waals surface area (Å²) in [5, 5.41) is 3.80. The zero-order chi connectivity index (χ0) is 11.5. The van der Waals surface area contributed by atoms with Gasteiger partial charge >= 0.3 is 6.03 Å². The summed E-state index contributed by atoms with van der Waals surface area (Å²) in [6.07, 6.45) is 0. The van der Waals surface area contributed by atoms with E-state index in [1.54, 1.807) is 14.1 Å². The molecule has 0 aliphatic carbocycles. The topological polar surface area (TPSA) is 45.5 Å². The molecule has 0 unspecified atom stereocenters. The zero-order valence-electron chi connectivity index (χ0n) is 9.36. The van der Waals surface area contributed by atoms with E-state index in [2.05, 4.69) is 5.32 Å². The minimum Gasteiger partial charge on any atom is -0.459 e. The third kappa shape index (κ3) is 2.16. The van der Waals surface area contributed by atoms with Crippen molar-refractivity contribution in [3.8, 4) is 0 Å². The maximum atomic E-state index is 11.3. The predicted octanol–water partition coefficient (Wildman–Crippen LogP) is 2.20. The number of benzene rings is 1. The Morgan fingerprint density at radius 2 is 2.12 bits per heavy atom. The van der Waals surface area contributed by atoms with Crippen LogP contribution in [0.25, 0.3) is 11.0 Å². The molecule has 16 heavy (non-hydrogen) atoms. The number of urea groups is 1. The molecule has 0 bridgehead atoms. The average Bonchev–Trinajstić information content (AvgIpc) is 2.68. The Morgan fingerprint density at radius 1 is 1.38 bits per heavy atom. The summed E-state index contributed by atoms with van der Waals surface area (Å²) in [6.45, 7) is 0.408. The van der Waals surface area contributed by atoms with Crippen molar-refractivity contribution in [3.63, 3.8) is 0 Å². The van der Waals surface area contributed by atoms with E-state index in [-0.39, 0.29) is 6.03 Å². The van der Waals surface area contributed by atoms with Crippen LogP contribution < -0.4 is 5.32 Å². The molecule has 1 N–H and O–H groups in total. The first-order valence-corrected chi connectivity index (χ1v) is 5.09. The van der Waals surface area contributed by atoms with Crippen LogP contribution in [-0.2, 0) is 6.54 Å². The summed E-state index contributed by atoms with van der Waals surface area (Å²) in [5.41, 5.74) is 0.844. The molecule has 0 fully saturated rings. The van der Waals surface area contributed by atoms with E-state index in [9.17, 15) is 4.79 Å². The molecule has 0 aliphatic heterocycles. The second-order valence-electron chi connectivity index (χ2n) is 3.80. The van der Waals surface area contributed by atoms with Crippen LogP contribution in [-0.4, -0.2) is 25.0 Å². The smallest absolute Gasteiger partial charge is 0.317 e. The van der Waals surface area contributed by atoms with Gasteiger partial charge in [0.25, 0.3) is 0 Å². The predicted molar refractivity (Wildman–Crippen MR) is 62.1 cm³/mol. The van der Waals surface area contributed by atoms with Gasteiger partial charge in [-0.1, -0.05) is 18.2 Å². The first-order valence-electron chi connectivity index (χ1n) is 5.09. The van der Waals surface area contributed by atoms with Gasteiger partial charge in [0.2, 0.25) is 0 Å². The number of carbonyl (C=O) groups is 1. The van der Waals surface area contributed by atoms with Gasteiger partial charge in [0.15, 0.2) is 0 Å². The van der Waals surface area contributed by atoms with Crippen molar-refractivity contribution in [2.45, 2.75) is 6.54 Å². The summed E-state index contributed by atoms with van der Waals surface area (Å²) < 4.78 is 5.56. The average molecular weight is 218 g/mol. The first kappa shape index (κ1) is 10.5. The monoisotopic (exact) mass is 218 g/mol. The lowest BCUT2D eigenvalue weighted by molar-refractivity contribution is 0.216. The fraction of sp³-hybridized carbons (Fsp3) is 0.250. The number of furan rings is 1. The molecule has 1 aromatic heterocycles. The number of nitrogens with zero attached hydrogens (tertiary/aromatic N) is 1. The van der Waals surface area contributed by atoms with E-state index in [0.29, 0.717) is 6.54 Å². The molecule has 0 spiro atoms. The summed E-state index contributed by atoms with van der Waals surface area (Å²) in [6, 6.07) is 9.59. The van der Waals surface area contributed by atoms with Gasteiger partial charge in [0.1, 0.15) is 11.3 Å². The molecule has 1 heterocycles. The number of hydrogen-bond acceptors (Lipinski definition) is 2. The van der Waals surface area contributed by atoms with E-state index >= 15 is 0 Å². The Hall–Kier alpha value is -1.97. The van der Waals surface area contributed by atoms with Crippen LogP contribution in [0, 0.1) is 0 Å². The van der Waals surface area contributed by atoms with E-state index < -0.39 is 0 Å². The highest BCUT2D eigenvalue weighted by molar-refractivity contribution is 5.78. The highest BCUT2D eigenvalue weighted by Crippen LogP contribution is 2.18. The van der Waals surface area contributed by atoms with Crippen LogP contribution in [0.1, 0.15) is 5.76 Å². The Labute approximate surface area is 93.8 Å². The molecule has 0 atom stereocenters. The second-order valence-corrected chi connectivity index (χ2v) is 3.80. The maximum absolute atomic E-state index is 11.3. The van der Waals surface area contributed by atoms with Crippen LogP contribution in [0.5, 0.6) is 0 Å². The van der Waals surface area contributed by atoms with E-state index in [0.717, 1.165) is 16.7 Å². The number of amides is 2. The van der Waals surface area contributed by atoms with Crippen molar-refractivity contribution in [1.82, 2.24) is 10.2 Å². The molecule has 4 heteroatoms. The third-order valence-corrected chi connectivity index (χ3v) is 2.30. The normalized spacial score (nSPS) is 10.4. The molecule has 0 radical (unpaired) electrons. The van der Waals surface area contributed by atoms with Crippen molar-refractivity contribution in [3.05, 3.63) is 36.1 Å². The lowest BCUT2D eigenvalue weighted by Gasteiger charge is -2.10. The fourth-order valence-corrected chi connectivity index (χ4v) is 1.44. The van der Waals surface area contributed by atoms with Gasteiger partial charge in [-0.3, -0.25) is 0 Å². The molecule has 2 amide bonds. The minimum atomic E-state index is -0.125. The van der Waals surface area contributed by atoms with E-state index in [1.807, 2.05) is 30.3 Å².